The Labute approximate surface area is 188 Å². The molecule has 1 saturated heterocycles. The van der Waals surface area contributed by atoms with Gasteiger partial charge in [-0.15, -0.1) is 0 Å². The molecule has 1 amide bonds. The third kappa shape index (κ3) is 4.91. The lowest BCUT2D eigenvalue weighted by Crippen LogP contribution is -2.39. The number of methoxy groups -OCH3 is 1. The Morgan fingerprint density at radius 3 is 2.31 bits per heavy atom. The molecule has 0 radical (unpaired) electrons. The average Bonchev–Trinajstić information content (AvgIpc) is 3.26. The molecule has 1 unspecified atom stereocenters. The van der Waals surface area contributed by atoms with Crippen LogP contribution in [0.4, 0.5) is 5.69 Å². The van der Waals surface area contributed by atoms with Gasteiger partial charge in [-0.3, -0.25) is 4.79 Å². The van der Waals surface area contributed by atoms with Crippen LogP contribution < -0.4 is 10.1 Å². The summed E-state index contributed by atoms with van der Waals surface area (Å²) < 4.78 is 5.21. The molecular weight excluding hydrogens is 402 g/mol. The highest BCUT2D eigenvalue weighted by atomic mass is 16.6. The fourth-order valence-corrected chi connectivity index (χ4v) is 3.93. The topological polar surface area (TPSA) is 63.2 Å². The Bertz CT molecular complexity index is 1060. The van der Waals surface area contributed by atoms with Crippen LogP contribution in [0.1, 0.15) is 16.8 Å². The fourth-order valence-electron chi connectivity index (χ4n) is 3.93. The van der Waals surface area contributed by atoms with E-state index in [2.05, 4.69) is 22.6 Å². The zero-order valence-electron chi connectivity index (χ0n) is 18.3. The van der Waals surface area contributed by atoms with E-state index in [-0.39, 0.29) is 11.9 Å². The van der Waals surface area contributed by atoms with Gasteiger partial charge in [-0.1, -0.05) is 47.6 Å². The van der Waals surface area contributed by atoms with Crippen LogP contribution in [0.15, 0.2) is 84.0 Å². The highest BCUT2D eigenvalue weighted by molar-refractivity contribution is 6.00. The molecule has 4 rings (SSSR count). The first-order chi connectivity index (χ1) is 15.7. The van der Waals surface area contributed by atoms with Gasteiger partial charge in [-0.2, -0.15) is 0 Å². The van der Waals surface area contributed by atoms with Gasteiger partial charge in [-0.25, -0.2) is 0 Å². The minimum atomic E-state index is -0.0210. The molecule has 6 nitrogen and oxygen atoms in total. The summed E-state index contributed by atoms with van der Waals surface area (Å²) in [5.74, 6) is 0.800. The molecule has 0 aromatic heterocycles. The molecule has 1 fully saturated rings. The Morgan fingerprint density at radius 2 is 1.66 bits per heavy atom. The summed E-state index contributed by atoms with van der Waals surface area (Å²) in [4.78, 5) is 20.2. The van der Waals surface area contributed by atoms with Gasteiger partial charge in [0.15, 0.2) is 0 Å². The zero-order chi connectivity index (χ0) is 22.3. The maximum absolute atomic E-state index is 13.3. The summed E-state index contributed by atoms with van der Waals surface area (Å²) in [6.07, 6.45) is 0.671. The van der Waals surface area contributed by atoms with E-state index in [1.165, 1.54) is 7.11 Å². The Morgan fingerprint density at radius 1 is 0.969 bits per heavy atom. The van der Waals surface area contributed by atoms with E-state index < -0.39 is 0 Å². The summed E-state index contributed by atoms with van der Waals surface area (Å²) >= 11 is 0. The second kappa shape index (κ2) is 10.0. The van der Waals surface area contributed by atoms with Crippen LogP contribution in [0.5, 0.6) is 5.75 Å². The second-order valence-corrected chi connectivity index (χ2v) is 7.68. The zero-order valence-corrected chi connectivity index (χ0v) is 18.3. The third-order valence-electron chi connectivity index (χ3n) is 5.62. The quantitative estimate of drug-likeness (QED) is 0.554. The second-order valence-electron chi connectivity index (χ2n) is 7.68. The van der Waals surface area contributed by atoms with Crippen molar-refractivity contribution in [1.29, 1.82) is 0 Å². The molecule has 6 heteroatoms. The van der Waals surface area contributed by atoms with Gasteiger partial charge in [0.1, 0.15) is 12.9 Å². The van der Waals surface area contributed by atoms with E-state index in [0.29, 0.717) is 25.1 Å². The average molecular weight is 430 g/mol. The fraction of sp³-hybridized carbons (Fsp3) is 0.231. The molecule has 0 saturated carbocycles. The maximum Gasteiger partial charge on any atom is 0.254 e. The molecule has 1 heterocycles. The smallest absolute Gasteiger partial charge is 0.254 e. The van der Waals surface area contributed by atoms with Gasteiger partial charge in [0, 0.05) is 24.2 Å². The number of anilines is 1. The Kier molecular flexibility index (Phi) is 6.70. The lowest BCUT2D eigenvalue weighted by Gasteiger charge is -2.25. The van der Waals surface area contributed by atoms with E-state index >= 15 is 0 Å². The number of hydrogen-bond acceptors (Lipinski definition) is 5. The first kappa shape index (κ1) is 21.4. The van der Waals surface area contributed by atoms with E-state index in [9.17, 15) is 4.79 Å². The van der Waals surface area contributed by atoms with E-state index in [1.54, 1.807) is 7.11 Å². The number of nitrogens with zero attached hydrogens (tertiary/aromatic N) is 2. The van der Waals surface area contributed by atoms with Crippen LogP contribution in [0, 0.1) is 0 Å². The summed E-state index contributed by atoms with van der Waals surface area (Å²) in [7, 11) is 3.18. The predicted octanol–water partition coefficient (Wildman–Crippen LogP) is 4.69. The lowest BCUT2D eigenvalue weighted by molar-refractivity contribution is 0.0748. The molecule has 32 heavy (non-hydrogen) atoms. The summed E-state index contributed by atoms with van der Waals surface area (Å²) in [5.41, 5.74) is 4.72. The van der Waals surface area contributed by atoms with Crippen LogP contribution in [-0.4, -0.2) is 49.9 Å². The van der Waals surface area contributed by atoms with Crippen molar-refractivity contribution in [1.82, 2.24) is 4.90 Å². The molecule has 3 aromatic rings. The number of rotatable bonds is 7. The van der Waals surface area contributed by atoms with Crippen molar-refractivity contribution in [3.05, 3.63) is 84.4 Å². The molecule has 0 bridgehead atoms. The van der Waals surface area contributed by atoms with Crippen LogP contribution in [0.25, 0.3) is 11.1 Å². The highest BCUT2D eigenvalue weighted by Gasteiger charge is 2.33. The third-order valence-corrected chi connectivity index (χ3v) is 5.62. The number of carbonyl (C=O) groups is 1. The molecule has 164 valence electrons. The van der Waals surface area contributed by atoms with Gasteiger partial charge < -0.3 is 19.8 Å². The van der Waals surface area contributed by atoms with Crippen LogP contribution in [0.3, 0.4) is 0 Å². The first-order valence-electron chi connectivity index (χ1n) is 10.6. The van der Waals surface area contributed by atoms with Crippen LogP contribution in [-0.2, 0) is 4.84 Å². The van der Waals surface area contributed by atoms with Gasteiger partial charge in [0.2, 0.25) is 0 Å². The van der Waals surface area contributed by atoms with Crippen molar-refractivity contribution in [3.63, 3.8) is 0 Å². The number of oxime groups is 1. The van der Waals surface area contributed by atoms with Crippen molar-refractivity contribution in [2.45, 2.75) is 12.5 Å². The van der Waals surface area contributed by atoms with Crippen molar-refractivity contribution in [3.8, 4) is 16.9 Å². The standard InChI is InChI=1S/C26H27N3O3/c1-31-25-14-12-22(13-15-25)27-17-24-16-23(28-32-2)18-29(24)26(30)21-10-8-20(9-11-21)19-6-4-3-5-7-19/h3-15,24,27H,16-18H2,1-2H3/b28-23+. The van der Waals surface area contributed by atoms with E-state index in [4.69, 9.17) is 9.57 Å². The van der Waals surface area contributed by atoms with Gasteiger partial charge in [0.25, 0.3) is 5.91 Å². The first-order valence-corrected chi connectivity index (χ1v) is 10.6. The number of likely N-dealkylation sites (tertiary alicyclic amines) is 1. The highest BCUT2D eigenvalue weighted by Crippen LogP contribution is 2.24. The number of ether oxygens (including phenoxy) is 1. The van der Waals surface area contributed by atoms with Gasteiger partial charge >= 0.3 is 0 Å². The van der Waals surface area contributed by atoms with Crippen molar-refractivity contribution < 1.29 is 14.4 Å². The minimum absolute atomic E-state index is 0.00699. The van der Waals surface area contributed by atoms with E-state index in [0.717, 1.165) is 28.3 Å². The van der Waals surface area contributed by atoms with Crippen molar-refractivity contribution in [2.24, 2.45) is 5.16 Å². The number of carbonyl (C=O) groups excluding carboxylic acids is 1. The minimum Gasteiger partial charge on any atom is -0.497 e. The Balaban J connectivity index is 1.48. The molecule has 1 atom stereocenters. The molecular formula is C26H27N3O3. The molecule has 0 aliphatic carbocycles. The van der Waals surface area contributed by atoms with Crippen LogP contribution >= 0.6 is 0 Å². The molecule has 1 aliphatic heterocycles. The molecule has 3 aromatic carbocycles. The summed E-state index contributed by atoms with van der Waals surface area (Å²) in [5, 5.41) is 7.53. The van der Waals surface area contributed by atoms with Crippen molar-refractivity contribution in [2.75, 3.05) is 32.6 Å². The molecule has 0 spiro atoms. The SMILES string of the molecule is CO/N=C1\CC(CNc2ccc(OC)cc2)N(C(=O)c2ccc(-c3ccccc3)cc2)C1. The predicted molar refractivity (Wildman–Crippen MR) is 127 cm³/mol. The number of amides is 1. The van der Waals surface area contributed by atoms with Crippen molar-refractivity contribution >= 4 is 17.3 Å². The summed E-state index contributed by atoms with van der Waals surface area (Å²) in [6.45, 7) is 1.07. The number of nitrogens with one attached hydrogen (secondary N) is 1. The summed E-state index contributed by atoms with van der Waals surface area (Å²) in [6, 6.07) is 25.6. The normalized spacial score (nSPS) is 16.8. The van der Waals surface area contributed by atoms with Crippen LogP contribution in [0.2, 0.25) is 0 Å². The lowest BCUT2D eigenvalue weighted by atomic mass is 10.0. The Hall–Kier alpha value is -3.80. The number of benzene rings is 3. The van der Waals surface area contributed by atoms with E-state index in [1.807, 2.05) is 71.6 Å². The van der Waals surface area contributed by atoms with Gasteiger partial charge in [0.05, 0.1) is 25.4 Å². The maximum atomic E-state index is 13.3. The largest absolute Gasteiger partial charge is 0.497 e. The molecule has 1 N–H and O–H groups in total. The molecule has 1 aliphatic rings. The monoisotopic (exact) mass is 429 g/mol. The van der Waals surface area contributed by atoms with Gasteiger partial charge in [-0.05, 0) is 47.5 Å². The number of hydrogen-bond donors (Lipinski definition) is 1.